The van der Waals surface area contributed by atoms with Gasteiger partial charge in [-0.2, -0.15) is 13.2 Å². The summed E-state index contributed by atoms with van der Waals surface area (Å²) in [7, 11) is 0. The summed E-state index contributed by atoms with van der Waals surface area (Å²) in [4.78, 5) is 25.3. The van der Waals surface area contributed by atoms with E-state index in [0.717, 1.165) is 32.1 Å². The standard InChI is InChI=1S/C23H19F3O4/c24-23(25,26)21-19(14-7-3-1-4-8-14)20(27)17-12-11-16(13-18(17)30-21)29-22(28)15-9-5-2-6-10-15/h1,3-4,7-8,11-13,15H,2,5-6,9-10H2. The molecule has 3 aromatic rings. The van der Waals surface area contributed by atoms with Crippen molar-refractivity contribution in [2.24, 2.45) is 5.92 Å². The second-order valence-electron chi connectivity index (χ2n) is 7.41. The summed E-state index contributed by atoms with van der Waals surface area (Å²) in [5.41, 5.74) is -1.49. The maximum Gasteiger partial charge on any atom is 0.450 e. The van der Waals surface area contributed by atoms with E-state index in [2.05, 4.69) is 0 Å². The van der Waals surface area contributed by atoms with Gasteiger partial charge in [0, 0.05) is 6.07 Å². The largest absolute Gasteiger partial charge is 0.450 e. The first kappa shape index (κ1) is 20.2. The van der Waals surface area contributed by atoms with Crippen molar-refractivity contribution >= 4 is 16.9 Å². The van der Waals surface area contributed by atoms with Crippen LogP contribution in [0.1, 0.15) is 37.9 Å². The number of rotatable bonds is 3. The molecule has 0 bridgehead atoms. The number of hydrogen-bond acceptors (Lipinski definition) is 4. The van der Waals surface area contributed by atoms with Crippen LogP contribution in [0.15, 0.2) is 57.7 Å². The van der Waals surface area contributed by atoms with Gasteiger partial charge in [0.15, 0.2) is 0 Å². The highest BCUT2D eigenvalue weighted by Crippen LogP contribution is 2.38. The third kappa shape index (κ3) is 3.97. The molecular weight excluding hydrogens is 397 g/mol. The molecule has 2 aromatic carbocycles. The normalized spacial score (nSPS) is 15.3. The quantitative estimate of drug-likeness (QED) is 0.390. The Morgan fingerprint density at radius 2 is 1.70 bits per heavy atom. The number of benzene rings is 2. The van der Waals surface area contributed by atoms with Crippen LogP contribution in [0.25, 0.3) is 22.1 Å². The number of ether oxygens (including phenoxy) is 1. The Bertz CT molecular complexity index is 1130. The summed E-state index contributed by atoms with van der Waals surface area (Å²) in [5.74, 6) is -1.94. The van der Waals surface area contributed by atoms with Gasteiger partial charge in [-0.25, -0.2) is 0 Å². The van der Waals surface area contributed by atoms with Gasteiger partial charge in [0.2, 0.25) is 11.2 Å². The van der Waals surface area contributed by atoms with E-state index in [9.17, 15) is 22.8 Å². The first-order valence-electron chi connectivity index (χ1n) is 9.80. The minimum atomic E-state index is -4.87. The van der Waals surface area contributed by atoms with Gasteiger partial charge in [-0.15, -0.1) is 0 Å². The highest BCUT2D eigenvalue weighted by atomic mass is 19.4. The van der Waals surface area contributed by atoms with Crippen molar-refractivity contribution < 1.29 is 27.1 Å². The van der Waals surface area contributed by atoms with Crippen LogP contribution in [0, 0.1) is 5.92 Å². The van der Waals surface area contributed by atoms with E-state index >= 15 is 0 Å². The van der Waals surface area contributed by atoms with E-state index in [4.69, 9.17) is 9.15 Å². The Kier molecular flexibility index (Phi) is 5.37. The van der Waals surface area contributed by atoms with E-state index < -0.39 is 28.9 Å². The molecule has 30 heavy (non-hydrogen) atoms. The number of esters is 1. The smallest absolute Gasteiger partial charge is 0.450 e. The molecule has 1 aromatic heterocycles. The minimum absolute atomic E-state index is 0.0145. The molecule has 1 fully saturated rings. The highest BCUT2D eigenvalue weighted by molar-refractivity contribution is 5.85. The third-order valence-corrected chi connectivity index (χ3v) is 5.34. The number of fused-ring (bicyclic) bond motifs is 1. The molecule has 4 nitrogen and oxygen atoms in total. The van der Waals surface area contributed by atoms with Gasteiger partial charge in [-0.3, -0.25) is 9.59 Å². The van der Waals surface area contributed by atoms with E-state index in [1.807, 2.05) is 0 Å². The SMILES string of the molecule is O=C(Oc1ccc2c(=O)c(-c3ccccc3)c(C(F)(F)F)oc2c1)C1CCCCC1. The average Bonchev–Trinajstić information content (AvgIpc) is 2.74. The fourth-order valence-electron chi connectivity index (χ4n) is 3.84. The molecule has 0 spiro atoms. The molecular formula is C23H19F3O4. The molecule has 1 heterocycles. The van der Waals surface area contributed by atoms with Gasteiger partial charge < -0.3 is 9.15 Å². The number of carbonyl (C=O) groups is 1. The van der Waals surface area contributed by atoms with Crippen molar-refractivity contribution in [1.82, 2.24) is 0 Å². The highest BCUT2D eigenvalue weighted by Gasteiger charge is 2.39. The lowest BCUT2D eigenvalue weighted by molar-refractivity contribution is -0.152. The molecule has 1 aliphatic rings. The van der Waals surface area contributed by atoms with Crippen LogP contribution in [0.3, 0.4) is 0 Å². The van der Waals surface area contributed by atoms with Crippen molar-refractivity contribution in [3.8, 4) is 16.9 Å². The van der Waals surface area contributed by atoms with E-state index in [1.165, 1.54) is 30.3 Å². The molecule has 156 valence electrons. The molecule has 0 N–H and O–H groups in total. The van der Waals surface area contributed by atoms with Crippen molar-refractivity contribution in [3.05, 3.63) is 64.5 Å². The molecule has 0 amide bonds. The molecule has 1 aliphatic carbocycles. The van der Waals surface area contributed by atoms with Crippen LogP contribution in [0.2, 0.25) is 0 Å². The Morgan fingerprint density at radius 1 is 1.00 bits per heavy atom. The van der Waals surface area contributed by atoms with Crippen molar-refractivity contribution in [2.75, 3.05) is 0 Å². The second-order valence-corrected chi connectivity index (χ2v) is 7.41. The molecule has 0 unspecified atom stereocenters. The summed E-state index contributed by atoms with van der Waals surface area (Å²) in [6.07, 6.45) is -0.421. The lowest BCUT2D eigenvalue weighted by atomic mass is 9.89. The first-order chi connectivity index (χ1) is 14.3. The van der Waals surface area contributed by atoms with Gasteiger partial charge in [-0.1, -0.05) is 49.6 Å². The summed E-state index contributed by atoms with van der Waals surface area (Å²) < 4.78 is 51.5. The van der Waals surface area contributed by atoms with Crippen LogP contribution in [-0.2, 0) is 11.0 Å². The van der Waals surface area contributed by atoms with Crippen LogP contribution in [0.4, 0.5) is 13.2 Å². The van der Waals surface area contributed by atoms with Crippen molar-refractivity contribution in [2.45, 2.75) is 38.3 Å². The zero-order valence-corrected chi connectivity index (χ0v) is 16.0. The monoisotopic (exact) mass is 416 g/mol. The number of alkyl halides is 3. The Morgan fingerprint density at radius 3 is 2.37 bits per heavy atom. The molecule has 7 heteroatoms. The van der Waals surface area contributed by atoms with Crippen molar-refractivity contribution in [1.29, 1.82) is 0 Å². The van der Waals surface area contributed by atoms with Gasteiger partial charge >= 0.3 is 12.1 Å². The maximum absolute atomic E-state index is 13.7. The van der Waals surface area contributed by atoms with Gasteiger partial charge in [-0.05, 0) is 30.5 Å². The van der Waals surface area contributed by atoms with Crippen LogP contribution < -0.4 is 10.2 Å². The molecule has 1 saturated carbocycles. The van der Waals surface area contributed by atoms with Crippen LogP contribution in [-0.4, -0.2) is 5.97 Å². The van der Waals surface area contributed by atoms with Crippen LogP contribution in [0.5, 0.6) is 5.75 Å². The van der Waals surface area contributed by atoms with Crippen LogP contribution >= 0.6 is 0 Å². The summed E-state index contributed by atoms with van der Waals surface area (Å²) in [6.45, 7) is 0. The third-order valence-electron chi connectivity index (χ3n) is 5.34. The number of carbonyl (C=O) groups excluding carboxylic acids is 1. The first-order valence-corrected chi connectivity index (χ1v) is 9.80. The van der Waals surface area contributed by atoms with E-state index in [0.29, 0.717) is 0 Å². The summed E-state index contributed by atoms with van der Waals surface area (Å²) >= 11 is 0. The zero-order valence-electron chi connectivity index (χ0n) is 16.0. The van der Waals surface area contributed by atoms with Gasteiger partial charge in [0.25, 0.3) is 0 Å². The lowest BCUT2D eigenvalue weighted by Crippen LogP contribution is -2.22. The lowest BCUT2D eigenvalue weighted by Gasteiger charge is -2.19. The predicted molar refractivity (Wildman–Crippen MR) is 105 cm³/mol. The fraction of sp³-hybridized carbons (Fsp3) is 0.304. The average molecular weight is 416 g/mol. The summed E-state index contributed by atoms with van der Waals surface area (Å²) in [5, 5.41) is -0.0145. The molecule has 4 rings (SSSR count). The molecule has 0 aliphatic heterocycles. The molecule has 0 radical (unpaired) electrons. The topological polar surface area (TPSA) is 56.5 Å². The Balaban J connectivity index is 1.77. The van der Waals surface area contributed by atoms with E-state index in [1.54, 1.807) is 18.2 Å². The number of hydrogen-bond donors (Lipinski definition) is 0. The Hall–Kier alpha value is -3.09. The minimum Gasteiger partial charge on any atom is -0.450 e. The second kappa shape index (κ2) is 7.97. The van der Waals surface area contributed by atoms with Crippen molar-refractivity contribution in [3.63, 3.8) is 0 Å². The predicted octanol–water partition coefficient (Wildman–Crippen LogP) is 5.96. The Labute approximate surface area is 170 Å². The summed E-state index contributed by atoms with van der Waals surface area (Å²) in [6, 6.07) is 11.5. The van der Waals surface area contributed by atoms with Gasteiger partial charge in [0.05, 0.1) is 16.9 Å². The molecule has 0 atom stereocenters. The number of halogens is 3. The van der Waals surface area contributed by atoms with E-state index in [-0.39, 0.29) is 28.2 Å². The van der Waals surface area contributed by atoms with Gasteiger partial charge in [0.1, 0.15) is 11.3 Å². The maximum atomic E-state index is 13.7. The fourth-order valence-corrected chi connectivity index (χ4v) is 3.84. The molecule has 0 saturated heterocycles. The zero-order chi connectivity index (χ0) is 21.3.